The molecule has 0 spiro atoms. The van der Waals surface area contributed by atoms with Crippen molar-refractivity contribution < 1.29 is 0 Å². The quantitative estimate of drug-likeness (QED) is 0.524. The molecule has 0 saturated heterocycles. The molecule has 2 heterocycles. The third kappa shape index (κ3) is 0.735. The van der Waals surface area contributed by atoms with E-state index >= 15 is 0 Å². The van der Waals surface area contributed by atoms with E-state index in [2.05, 4.69) is 8.25 Å². The number of rotatable bonds is 0. The van der Waals surface area contributed by atoms with Gasteiger partial charge in [-0.05, 0) is 0 Å². The predicted molar refractivity (Wildman–Crippen MR) is 40.2 cm³/mol. The molecule has 4 heteroatoms. The van der Waals surface area contributed by atoms with Crippen LogP contribution < -0.4 is 10.1 Å². The van der Waals surface area contributed by atoms with Crippen molar-refractivity contribution in [2.45, 2.75) is 0 Å². The van der Waals surface area contributed by atoms with Crippen LogP contribution in [0.15, 0.2) is 35.9 Å². The van der Waals surface area contributed by atoms with Gasteiger partial charge in [0.2, 0.25) is 0 Å². The second-order valence-corrected chi connectivity index (χ2v) is 3.73. The average Bonchev–Trinajstić information content (AvgIpc) is 2.36. The van der Waals surface area contributed by atoms with Crippen LogP contribution in [0, 0.1) is 0 Å². The van der Waals surface area contributed by atoms with E-state index < -0.39 is 0 Å². The molecule has 3 nitrogen and oxygen atoms in total. The third-order valence-corrected chi connectivity index (χ3v) is 2.93. The van der Waals surface area contributed by atoms with Crippen LogP contribution >= 0.6 is 0 Å². The fourth-order valence-electron chi connectivity index (χ4n) is 0.883. The minimum absolute atomic E-state index is 0.324. The van der Waals surface area contributed by atoms with E-state index in [1.807, 2.05) is 24.6 Å². The van der Waals surface area contributed by atoms with E-state index in [0.29, 0.717) is 15.4 Å². The minimum atomic E-state index is 0.324. The summed E-state index contributed by atoms with van der Waals surface area (Å²) >= 11 is 0.324. The Kier molecular flexibility index (Phi) is 1.22. The molecule has 0 fully saturated rings. The van der Waals surface area contributed by atoms with Crippen LogP contribution in [-0.2, 0) is 0 Å². The normalized spacial score (nSPS) is 21.4. The number of nitrogens with zero attached hydrogens (tertiary/aromatic N) is 1. The van der Waals surface area contributed by atoms with Crippen LogP contribution in [0.2, 0.25) is 0 Å². The van der Waals surface area contributed by atoms with Crippen LogP contribution in [-0.4, -0.2) is 19.3 Å². The molecule has 0 bridgehead atoms. The standard InChI is InChI=1S/C6H7N3Se/c7-5-2-1-3-9-6(5)4-8-10-9/h1-4,8H,7H2. The van der Waals surface area contributed by atoms with Gasteiger partial charge in [0.1, 0.15) is 0 Å². The molecule has 52 valence electrons. The van der Waals surface area contributed by atoms with Gasteiger partial charge in [0.15, 0.2) is 0 Å². The van der Waals surface area contributed by atoms with Gasteiger partial charge in [0, 0.05) is 0 Å². The molecule has 0 amide bonds. The van der Waals surface area contributed by atoms with Gasteiger partial charge in [0.05, 0.1) is 0 Å². The summed E-state index contributed by atoms with van der Waals surface area (Å²) in [4.78, 5) is 0. The van der Waals surface area contributed by atoms with Crippen LogP contribution in [0.25, 0.3) is 0 Å². The maximum absolute atomic E-state index is 5.69. The molecule has 0 radical (unpaired) electrons. The van der Waals surface area contributed by atoms with E-state index in [1.54, 1.807) is 0 Å². The molecule has 2 aliphatic rings. The van der Waals surface area contributed by atoms with Gasteiger partial charge in [0.25, 0.3) is 0 Å². The van der Waals surface area contributed by atoms with E-state index in [0.717, 1.165) is 11.4 Å². The second-order valence-electron chi connectivity index (χ2n) is 2.03. The molecule has 0 aromatic carbocycles. The first kappa shape index (κ1) is 5.89. The van der Waals surface area contributed by atoms with Crippen molar-refractivity contribution >= 4 is 15.4 Å². The maximum atomic E-state index is 5.69. The van der Waals surface area contributed by atoms with E-state index in [-0.39, 0.29) is 0 Å². The second kappa shape index (κ2) is 2.08. The van der Waals surface area contributed by atoms with Gasteiger partial charge in [-0.2, -0.15) is 0 Å². The summed E-state index contributed by atoms with van der Waals surface area (Å²) in [5, 5.41) is 0. The molecule has 3 N–H and O–H groups in total. The molecule has 10 heavy (non-hydrogen) atoms. The van der Waals surface area contributed by atoms with Crippen molar-refractivity contribution in [2.75, 3.05) is 0 Å². The Morgan fingerprint density at radius 1 is 1.60 bits per heavy atom. The Labute approximate surface area is 65.8 Å². The average molecular weight is 200 g/mol. The zero-order chi connectivity index (χ0) is 6.97. The van der Waals surface area contributed by atoms with Gasteiger partial charge >= 0.3 is 65.3 Å². The van der Waals surface area contributed by atoms with Crippen LogP contribution in [0.4, 0.5) is 0 Å². The van der Waals surface area contributed by atoms with E-state index in [1.165, 1.54) is 0 Å². The number of hydrogen-bond donors (Lipinski definition) is 2. The molecule has 0 atom stereocenters. The molecule has 2 rings (SSSR count). The molecular weight excluding hydrogens is 193 g/mol. The van der Waals surface area contributed by atoms with Crippen LogP contribution in [0.3, 0.4) is 0 Å². The summed E-state index contributed by atoms with van der Waals surface area (Å²) in [5.41, 5.74) is 7.63. The van der Waals surface area contributed by atoms with Crippen molar-refractivity contribution in [1.82, 2.24) is 8.25 Å². The number of hydrogen-bond acceptors (Lipinski definition) is 3. The summed E-state index contributed by atoms with van der Waals surface area (Å²) in [7, 11) is 0. The SMILES string of the molecule is NC1=CC=CN2[Se]NC=C12. The fraction of sp³-hybridized carbons (Fsp3) is 0. The molecule has 0 aromatic rings. The van der Waals surface area contributed by atoms with Gasteiger partial charge in [-0.25, -0.2) is 0 Å². The first-order valence-electron chi connectivity index (χ1n) is 2.94. The van der Waals surface area contributed by atoms with Gasteiger partial charge in [-0.15, -0.1) is 0 Å². The number of fused-ring (bicyclic) bond motifs is 1. The summed E-state index contributed by atoms with van der Waals surface area (Å²) in [5.74, 6) is 0. The van der Waals surface area contributed by atoms with Gasteiger partial charge in [-0.3, -0.25) is 0 Å². The van der Waals surface area contributed by atoms with Crippen LogP contribution in [0.5, 0.6) is 0 Å². The molecule has 0 saturated carbocycles. The topological polar surface area (TPSA) is 41.3 Å². The predicted octanol–water partition coefficient (Wildman–Crippen LogP) is -0.363. The molecule has 0 unspecified atom stereocenters. The summed E-state index contributed by atoms with van der Waals surface area (Å²) in [6.07, 6.45) is 7.85. The van der Waals surface area contributed by atoms with Crippen molar-refractivity contribution in [1.29, 1.82) is 0 Å². The van der Waals surface area contributed by atoms with E-state index in [4.69, 9.17) is 5.73 Å². The number of nitrogens with two attached hydrogens (primary N) is 1. The van der Waals surface area contributed by atoms with Crippen molar-refractivity contribution in [3.8, 4) is 0 Å². The Balaban J connectivity index is 2.38. The number of allylic oxidation sites excluding steroid dienone is 2. The fourth-order valence-corrected chi connectivity index (χ4v) is 2.28. The first-order valence-corrected chi connectivity index (χ1v) is 4.56. The first-order chi connectivity index (χ1) is 4.88. The zero-order valence-electron chi connectivity index (χ0n) is 5.24. The van der Waals surface area contributed by atoms with Gasteiger partial charge in [-0.1, -0.05) is 0 Å². The summed E-state index contributed by atoms with van der Waals surface area (Å²) in [6.45, 7) is 0. The van der Waals surface area contributed by atoms with Crippen molar-refractivity contribution in [2.24, 2.45) is 5.73 Å². The Morgan fingerprint density at radius 3 is 3.30 bits per heavy atom. The van der Waals surface area contributed by atoms with Gasteiger partial charge < -0.3 is 0 Å². The zero-order valence-corrected chi connectivity index (χ0v) is 6.96. The molecule has 0 aromatic heterocycles. The molecular formula is C6H7N3Se. The van der Waals surface area contributed by atoms with Crippen molar-refractivity contribution in [3.63, 3.8) is 0 Å². The summed E-state index contributed by atoms with van der Waals surface area (Å²) in [6, 6.07) is 0. The van der Waals surface area contributed by atoms with Crippen molar-refractivity contribution in [3.05, 3.63) is 35.9 Å². The Morgan fingerprint density at radius 2 is 2.50 bits per heavy atom. The summed E-state index contributed by atoms with van der Waals surface area (Å²) < 4.78 is 5.28. The Bertz CT molecular complexity index is 241. The molecule has 0 aliphatic carbocycles. The van der Waals surface area contributed by atoms with Crippen LogP contribution in [0.1, 0.15) is 0 Å². The molecule has 2 aliphatic heterocycles. The van der Waals surface area contributed by atoms with E-state index in [9.17, 15) is 0 Å². The Hall–Kier alpha value is -0.861. The third-order valence-electron chi connectivity index (χ3n) is 1.38. The number of nitrogens with one attached hydrogen (secondary N) is 1. The monoisotopic (exact) mass is 201 g/mol.